The summed E-state index contributed by atoms with van der Waals surface area (Å²) in [6.07, 6.45) is 0.623. The van der Waals surface area contributed by atoms with Crippen molar-refractivity contribution >= 4 is 78.7 Å². The van der Waals surface area contributed by atoms with Crippen LogP contribution < -0.4 is 47.4 Å². The number of rotatable bonds is 11. The Labute approximate surface area is 516 Å². The van der Waals surface area contributed by atoms with E-state index in [1.54, 1.807) is 49.2 Å². The molecule has 0 saturated carbocycles. The molecule has 3 aliphatic heterocycles. The minimum Gasteiger partial charge on any atom is -0.494 e. The number of alkyl halides is 3. The van der Waals surface area contributed by atoms with E-state index in [0.29, 0.717) is 47.9 Å². The van der Waals surface area contributed by atoms with Crippen molar-refractivity contribution in [1.82, 2.24) is 69.0 Å². The van der Waals surface area contributed by atoms with Crippen molar-refractivity contribution in [2.45, 2.75) is 44.9 Å². The summed E-state index contributed by atoms with van der Waals surface area (Å²) in [5.41, 5.74) is 12.2. The summed E-state index contributed by atoms with van der Waals surface area (Å²) < 4.78 is 120. The molecule has 0 bridgehead atoms. The quantitative estimate of drug-likeness (QED) is 0.104. The van der Waals surface area contributed by atoms with Crippen LogP contribution >= 0.6 is 23.2 Å². The Kier molecular flexibility index (Phi) is 18.0. The fraction of sp³-hybridized carbons (Fsp3) is 0.345. The molecule has 2 unspecified atom stereocenters. The average molecular weight is 1290 g/mol. The van der Waals surface area contributed by atoms with Crippen LogP contribution in [0.1, 0.15) is 50.4 Å². The molecule has 0 aliphatic carbocycles. The van der Waals surface area contributed by atoms with Crippen molar-refractivity contribution in [1.29, 1.82) is 0 Å². The number of halogens is 9. The molecule has 3 aliphatic rings. The SMILES string of the molecule is C1CCOC1.COc1ccc(-c2nn(C(C)c3nc4cccc(Cl)c4c(=O)n3N3CCN(CC(F)(F)F)CC3)c3ncnc(N)c23)c(F)c1F.COc1ccc(-c2nn(C(C)c3nc4cccc(Cl)c4c(=O)n3N3CCNCC3)c3ncnc(N)c23)c(F)c1F. The molecule has 472 valence electrons. The van der Waals surface area contributed by atoms with Gasteiger partial charge >= 0.3 is 6.18 Å². The number of hydrogen-bond donors (Lipinski definition) is 3. The molecule has 13 rings (SSSR count). The third kappa shape index (κ3) is 11.9. The van der Waals surface area contributed by atoms with Gasteiger partial charge in [-0.1, -0.05) is 35.3 Å². The average Bonchev–Trinajstić information content (AvgIpc) is 1.45. The largest absolute Gasteiger partial charge is 0.494 e. The Morgan fingerprint density at radius 2 is 1.03 bits per heavy atom. The predicted molar refractivity (Wildman–Crippen MR) is 324 cm³/mol. The highest BCUT2D eigenvalue weighted by Gasteiger charge is 2.35. The molecule has 6 aromatic heterocycles. The lowest BCUT2D eigenvalue weighted by molar-refractivity contribution is -0.146. The van der Waals surface area contributed by atoms with Crippen molar-refractivity contribution in [2.24, 2.45) is 0 Å². The maximum Gasteiger partial charge on any atom is 0.401 e. The summed E-state index contributed by atoms with van der Waals surface area (Å²) in [4.78, 5) is 55.5. The number of aromatic nitrogens is 12. The molecular formula is C58H57Cl2F7N18O5. The van der Waals surface area contributed by atoms with E-state index >= 15 is 8.78 Å². The standard InChI is InChI=1S/C28H25ClF5N9O2.C26H24ClF2N9O2.C4H8O/c1-14(42-26-20(24(35)36-13-37-26)23(39-42)15-6-7-18(45-2)22(31)21(15)30)25-38-17-5-3-4-16(29)19(17)27(44)43(25)41-10-8-40(9-11-41)12-28(32,33)34;1-13(24-34-16-5-3-4-15(27)18(16)26(39)38(24)36-10-8-31-9-11-36)37-25-19(23(30)32-12-33-25)22(35-37)14-6-7-17(40-2)21(29)20(14)28;1-2-4-5-3-1/h3-7,13-14H,8-12H2,1-2H3,(H2,35,36,37);3-7,12-13,31H,8-11H2,1-2H3,(H2,30,32,33);1-4H2. The number of nitrogens with one attached hydrogen (secondary N) is 1. The monoisotopic (exact) mass is 1290 g/mol. The fourth-order valence-corrected chi connectivity index (χ4v) is 11.6. The summed E-state index contributed by atoms with van der Waals surface area (Å²) in [7, 11) is 2.45. The molecule has 0 amide bonds. The van der Waals surface area contributed by atoms with Crippen LogP contribution in [0.3, 0.4) is 0 Å². The van der Waals surface area contributed by atoms with Crippen LogP contribution in [0.15, 0.2) is 82.9 Å². The van der Waals surface area contributed by atoms with Crippen molar-refractivity contribution in [3.05, 3.63) is 139 Å². The van der Waals surface area contributed by atoms with Crippen molar-refractivity contribution in [3.63, 3.8) is 0 Å². The normalized spacial score (nSPS) is 15.5. The molecular weight excluding hydrogens is 1230 g/mol. The van der Waals surface area contributed by atoms with Gasteiger partial charge in [0.15, 0.2) is 46.1 Å². The molecule has 10 aromatic rings. The van der Waals surface area contributed by atoms with Crippen molar-refractivity contribution < 1.29 is 44.9 Å². The lowest BCUT2D eigenvalue weighted by Crippen LogP contribution is -2.56. The lowest BCUT2D eigenvalue weighted by atomic mass is 10.1. The maximum atomic E-state index is 15.3. The van der Waals surface area contributed by atoms with Crippen LogP contribution in [0.4, 0.5) is 42.4 Å². The maximum absolute atomic E-state index is 15.3. The highest BCUT2D eigenvalue weighted by Crippen LogP contribution is 2.39. The van der Waals surface area contributed by atoms with E-state index in [1.165, 1.54) is 93.7 Å². The fourth-order valence-electron chi connectivity index (χ4n) is 11.1. The first-order valence-corrected chi connectivity index (χ1v) is 29.0. The van der Waals surface area contributed by atoms with Gasteiger partial charge in [-0.2, -0.15) is 32.1 Å². The molecule has 3 fully saturated rings. The van der Waals surface area contributed by atoms with Crippen LogP contribution in [0, 0.1) is 23.3 Å². The van der Waals surface area contributed by atoms with Crippen LogP contribution in [-0.4, -0.2) is 156 Å². The Morgan fingerprint density at radius 3 is 1.43 bits per heavy atom. The smallest absolute Gasteiger partial charge is 0.401 e. The number of ether oxygens (including phenoxy) is 3. The van der Waals surface area contributed by atoms with Gasteiger partial charge in [0, 0.05) is 76.7 Å². The second-order valence-corrected chi connectivity index (χ2v) is 21.9. The van der Waals surface area contributed by atoms with Gasteiger partial charge in [0.2, 0.25) is 11.6 Å². The first-order valence-electron chi connectivity index (χ1n) is 28.2. The molecule has 3 saturated heterocycles. The highest BCUT2D eigenvalue weighted by molar-refractivity contribution is 6.35. The van der Waals surface area contributed by atoms with Gasteiger partial charge in [0.1, 0.15) is 47.8 Å². The second-order valence-electron chi connectivity index (χ2n) is 21.0. The third-order valence-electron chi connectivity index (χ3n) is 15.5. The van der Waals surface area contributed by atoms with Crippen molar-refractivity contribution in [2.75, 3.05) is 108 Å². The van der Waals surface area contributed by atoms with Gasteiger partial charge in [0.05, 0.1) is 63.4 Å². The molecule has 4 aromatic carbocycles. The summed E-state index contributed by atoms with van der Waals surface area (Å²) in [6.45, 7) is 7.01. The third-order valence-corrected chi connectivity index (χ3v) is 16.1. The number of hydrogen-bond acceptors (Lipinski definition) is 19. The number of nitrogens with two attached hydrogens (primary N) is 2. The first kappa shape index (κ1) is 62.6. The van der Waals surface area contributed by atoms with E-state index in [9.17, 15) is 31.5 Å². The van der Waals surface area contributed by atoms with Gasteiger partial charge in [0.25, 0.3) is 11.1 Å². The van der Waals surface area contributed by atoms with E-state index in [4.69, 9.17) is 58.8 Å². The zero-order chi connectivity index (χ0) is 63.9. The Hall–Kier alpha value is -8.97. The molecule has 5 N–H and O–H groups in total. The van der Waals surface area contributed by atoms with Gasteiger partial charge in [-0.05, 0) is 75.2 Å². The minimum atomic E-state index is -4.37. The van der Waals surface area contributed by atoms with Gasteiger partial charge < -0.3 is 41.0 Å². The van der Waals surface area contributed by atoms with Gasteiger partial charge in [-0.25, -0.2) is 57.4 Å². The van der Waals surface area contributed by atoms with E-state index in [0.717, 1.165) is 13.2 Å². The van der Waals surface area contributed by atoms with Gasteiger partial charge in [-0.15, -0.1) is 0 Å². The molecule has 2 atom stereocenters. The summed E-state index contributed by atoms with van der Waals surface area (Å²) >= 11 is 12.8. The Bertz CT molecular complexity index is 4470. The topological polar surface area (TPSA) is 258 Å². The lowest BCUT2D eigenvalue weighted by Gasteiger charge is -2.38. The van der Waals surface area contributed by atoms with E-state index < -0.39 is 53.6 Å². The first-order chi connectivity index (χ1) is 43.2. The zero-order valence-corrected chi connectivity index (χ0v) is 50.1. The van der Waals surface area contributed by atoms with Crippen LogP contribution in [0.5, 0.6) is 11.5 Å². The summed E-state index contributed by atoms with van der Waals surface area (Å²) in [5.74, 6) is -4.85. The number of nitrogens with zero attached hydrogens (tertiary/aromatic N) is 15. The molecule has 9 heterocycles. The number of benzene rings is 4. The van der Waals surface area contributed by atoms with E-state index in [1.807, 2.05) is 5.01 Å². The predicted octanol–water partition coefficient (Wildman–Crippen LogP) is 7.82. The summed E-state index contributed by atoms with van der Waals surface area (Å²) in [5, 5.41) is 17.2. The van der Waals surface area contributed by atoms with Crippen molar-refractivity contribution in [3.8, 4) is 34.0 Å². The number of anilines is 2. The molecule has 0 spiro atoms. The summed E-state index contributed by atoms with van der Waals surface area (Å²) in [6, 6.07) is 13.4. The number of piperazine rings is 2. The minimum absolute atomic E-state index is 0.0290. The van der Waals surface area contributed by atoms with Gasteiger partial charge in [-0.3, -0.25) is 14.5 Å². The molecule has 32 heteroatoms. The van der Waals surface area contributed by atoms with Crippen LogP contribution in [-0.2, 0) is 4.74 Å². The molecule has 0 radical (unpaired) electrons. The van der Waals surface area contributed by atoms with Crippen LogP contribution in [0.25, 0.3) is 66.4 Å². The highest BCUT2D eigenvalue weighted by atomic mass is 35.5. The molecule has 23 nitrogen and oxygen atoms in total. The van der Waals surface area contributed by atoms with Crippen LogP contribution in [0.2, 0.25) is 10.0 Å². The number of nitrogen functional groups attached to an aromatic ring is 2. The zero-order valence-electron chi connectivity index (χ0n) is 48.6. The van der Waals surface area contributed by atoms with E-state index in [2.05, 4.69) is 35.5 Å². The number of methoxy groups -OCH3 is 2. The Balaban J connectivity index is 0.000000172. The van der Waals surface area contributed by atoms with E-state index in [-0.39, 0.29) is 121 Å². The number of fused-ring (bicyclic) bond motifs is 4. The Morgan fingerprint density at radius 1 is 0.600 bits per heavy atom. The second kappa shape index (κ2) is 25.9. The molecule has 90 heavy (non-hydrogen) atoms.